The fraction of sp³-hybridized carbons (Fsp3) is 0.455. The first-order valence-electron chi connectivity index (χ1n) is 9.65. The molecule has 2 aliphatic rings. The van der Waals surface area contributed by atoms with Crippen LogP contribution < -0.4 is 10.6 Å². The maximum Gasteiger partial charge on any atom is 0.256 e. The van der Waals surface area contributed by atoms with E-state index >= 15 is 0 Å². The Labute approximate surface area is 157 Å². The van der Waals surface area contributed by atoms with Gasteiger partial charge in [-0.1, -0.05) is 52.8 Å². The Hall–Kier alpha value is -2.36. The van der Waals surface area contributed by atoms with Crippen LogP contribution in [0.3, 0.4) is 0 Å². The number of carbonyl (C=O) groups excluding carboxylic acids is 2. The standard InChI is InChI=1S/C18H20N2O2.2C2H6/c1-11-10-19-17(13(11)8-7-12(2)21)9-15-14-5-3-4-6-16(14)20-18(15)22;2*1-2/h3-6,9,11,19H,7-8,10H2,1-2H3,(H,20,22);2*1-2H3/b15-9-;;. The number of amides is 1. The Morgan fingerprint density at radius 3 is 2.50 bits per heavy atom. The molecule has 0 spiro atoms. The lowest BCUT2D eigenvalue weighted by Crippen LogP contribution is -2.10. The van der Waals surface area contributed by atoms with Crippen molar-refractivity contribution < 1.29 is 9.59 Å². The van der Waals surface area contributed by atoms with Crippen LogP contribution >= 0.6 is 0 Å². The van der Waals surface area contributed by atoms with Gasteiger partial charge in [-0.3, -0.25) is 4.79 Å². The summed E-state index contributed by atoms with van der Waals surface area (Å²) in [6, 6.07) is 7.70. The Balaban J connectivity index is 0.000000791. The first-order valence-corrected chi connectivity index (χ1v) is 9.65. The second kappa shape index (κ2) is 10.6. The number of para-hydroxylation sites is 1. The van der Waals surface area contributed by atoms with Gasteiger partial charge in [0.25, 0.3) is 5.91 Å². The van der Waals surface area contributed by atoms with Gasteiger partial charge in [0.2, 0.25) is 0 Å². The Bertz CT molecular complexity index is 702. The third kappa shape index (κ3) is 5.07. The number of benzene rings is 1. The molecule has 3 rings (SSSR count). The quantitative estimate of drug-likeness (QED) is 0.752. The van der Waals surface area contributed by atoms with Crippen LogP contribution in [0.1, 0.15) is 59.9 Å². The van der Waals surface area contributed by atoms with Gasteiger partial charge in [0.1, 0.15) is 5.78 Å². The summed E-state index contributed by atoms with van der Waals surface area (Å²) in [5, 5.41) is 6.26. The molecule has 4 nitrogen and oxygen atoms in total. The minimum atomic E-state index is -0.0685. The highest BCUT2D eigenvalue weighted by Gasteiger charge is 2.26. The molecule has 0 aromatic heterocycles. The molecular weight excluding hydrogens is 324 g/mol. The number of anilines is 1. The minimum Gasteiger partial charge on any atom is -0.384 e. The van der Waals surface area contributed by atoms with E-state index in [1.165, 1.54) is 5.57 Å². The molecule has 2 heterocycles. The lowest BCUT2D eigenvalue weighted by Gasteiger charge is -2.07. The Kier molecular flexibility index (Phi) is 8.83. The maximum absolute atomic E-state index is 12.2. The normalized spacial score (nSPS) is 18.9. The summed E-state index contributed by atoms with van der Waals surface area (Å²) in [6.07, 6.45) is 3.24. The largest absolute Gasteiger partial charge is 0.384 e. The van der Waals surface area contributed by atoms with Crippen LogP contribution in [-0.4, -0.2) is 18.2 Å². The third-order valence-corrected chi connectivity index (χ3v) is 4.28. The van der Waals surface area contributed by atoms with Crippen molar-refractivity contribution in [3.63, 3.8) is 0 Å². The Morgan fingerprint density at radius 1 is 1.19 bits per heavy atom. The molecule has 4 heteroatoms. The number of hydrogen-bond donors (Lipinski definition) is 2. The SMILES string of the molecule is CC.CC.CC(=O)CCC1=C(/C=C2\C(=O)Nc3ccccc32)NCC1C. The number of carbonyl (C=O) groups is 2. The second-order valence-corrected chi connectivity index (χ2v) is 5.98. The molecule has 1 aromatic rings. The average Bonchev–Trinajstić information content (AvgIpc) is 3.17. The van der Waals surface area contributed by atoms with Crippen LogP contribution in [0.25, 0.3) is 5.57 Å². The molecular formula is C22H32N2O2. The van der Waals surface area contributed by atoms with Gasteiger partial charge >= 0.3 is 0 Å². The monoisotopic (exact) mass is 356 g/mol. The number of allylic oxidation sites excluding steroid dienone is 1. The molecule has 0 saturated carbocycles. The fourth-order valence-corrected chi connectivity index (χ4v) is 3.03. The van der Waals surface area contributed by atoms with Gasteiger partial charge in [0.05, 0.1) is 5.57 Å². The first-order chi connectivity index (χ1) is 12.6. The van der Waals surface area contributed by atoms with Crippen molar-refractivity contribution in [2.75, 3.05) is 11.9 Å². The van der Waals surface area contributed by atoms with Crippen molar-refractivity contribution in [2.24, 2.45) is 5.92 Å². The summed E-state index contributed by atoms with van der Waals surface area (Å²) < 4.78 is 0. The minimum absolute atomic E-state index is 0.0685. The van der Waals surface area contributed by atoms with E-state index < -0.39 is 0 Å². The topological polar surface area (TPSA) is 58.2 Å². The van der Waals surface area contributed by atoms with Gasteiger partial charge in [0, 0.05) is 29.9 Å². The molecule has 0 bridgehead atoms. The van der Waals surface area contributed by atoms with Crippen molar-refractivity contribution in [3.8, 4) is 0 Å². The molecule has 0 fully saturated rings. The molecule has 0 aliphatic carbocycles. The Morgan fingerprint density at radius 2 is 1.85 bits per heavy atom. The van der Waals surface area contributed by atoms with Crippen LogP contribution in [0.2, 0.25) is 0 Å². The van der Waals surface area contributed by atoms with E-state index in [0.29, 0.717) is 17.9 Å². The summed E-state index contributed by atoms with van der Waals surface area (Å²) in [5.41, 5.74) is 4.71. The summed E-state index contributed by atoms with van der Waals surface area (Å²) in [5.74, 6) is 0.523. The molecule has 26 heavy (non-hydrogen) atoms. The summed E-state index contributed by atoms with van der Waals surface area (Å²) in [7, 11) is 0. The molecule has 1 unspecified atom stereocenters. The van der Waals surface area contributed by atoms with E-state index in [-0.39, 0.29) is 11.7 Å². The fourth-order valence-electron chi connectivity index (χ4n) is 3.03. The summed E-state index contributed by atoms with van der Waals surface area (Å²) in [4.78, 5) is 23.4. The summed E-state index contributed by atoms with van der Waals surface area (Å²) >= 11 is 0. The number of Topliss-reactive ketones (excluding diaryl/α,β-unsaturated/α-hetero) is 1. The highest BCUT2D eigenvalue weighted by Crippen LogP contribution is 2.34. The van der Waals surface area contributed by atoms with Crippen LogP contribution in [0.15, 0.2) is 41.6 Å². The zero-order valence-corrected chi connectivity index (χ0v) is 16.9. The van der Waals surface area contributed by atoms with E-state index in [1.54, 1.807) is 6.92 Å². The smallest absolute Gasteiger partial charge is 0.256 e. The molecule has 1 aromatic carbocycles. The van der Waals surface area contributed by atoms with E-state index in [1.807, 2.05) is 58.0 Å². The van der Waals surface area contributed by atoms with Crippen molar-refractivity contribution in [1.29, 1.82) is 0 Å². The van der Waals surface area contributed by atoms with E-state index in [9.17, 15) is 9.59 Å². The van der Waals surface area contributed by atoms with Gasteiger partial charge in [-0.25, -0.2) is 0 Å². The third-order valence-electron chi connectivity index (χ3n) is 4.28. The molecule has 1 atom stereocenters. The lowest BCUT2D eigenvalue weighted by molar-refractivity contribution is -0.117. The molecule has 2 N–H and O–H groups in total. The maximum atomic E-state index is 12.2. The zero-order chi connectivity index (χ0) is 19.7. The van der Waals surface area contributed by atoms with Crippen molar-refractivity contribution >= 4 is 23.0 Å². The predicted molar refractivity (Wildman–Crippen MR) is 110 cm³/mol. The highest BCUT2D eigenvalue weighted by molar-refractivity contribution is 6.31. The molecule has 142 valence electrons. The van der Waals surface area contributed by atoms with Crippen LogP contribution in [0.5, 0.6) is 0 Å². The van der Waals surface area contributed by atoms with E-state index in [0.717, 1.165) is 29.9 Å². The van der Waals surface area contributed by atoms with Crippen molar-refractivity contribution in [2.45, 2.75) is 54.4 Å². The zero-order valence-electron chi connectivity index (χ0n) is 16.9. The van der Waals surface area contributed by atoms with Crippen LogP contribution in [0, 0.1) is 5.92 Å². The van der Waals surface area contributed by atoms with Crippen molar-refractivity contribution in [3.05, 3.63) is 47.2 Å². The number of hydrogen-bond acceptors (Lipinski definition) is 3. The lowest BCUT2D eigenvalue weighted by atomic mass is 9.96. The highest BCUT2D eigenvalue weighted by atomic mass is 16.2. The predicted octanol–water partition coefficient (Wildman–Crippen LogP) is 4.94. The molecule has 1 amide bonds. The van der Waals surface area contributed by atoms with Crippen molar-refractivity contribution in [1.82, 2.24) is 5.32 Å². The average molecular weight is 357 g/mol. The molecule has 0 saturated heterocycles. The summed E-state index contributed by atoms with van der Waals surface area (Å²) in [6.45, 7) is 12.6. The number of rotatable bonds is 4. The molecule has 0 radical (unpaired) electrons. The van der Waals surface area contributed by atoms with Gasteiger partial charge in [0.15, 0.2) is 0 Å². The van der Waals surface area contributed by atoms with Gasteiger partial charge in [-0.15, -0.1) is 0 Å². The van der Waals surface area contributed by atoms with Crippen LogP contribution in [0.4, 0.5) is 5.69 Å². The van der Waals surface area contributed by atoms with Gasteiger partial charge in [-0.05, 0) is 37.0 Å². The van der Waals surface area contributed by atoms with Crippen LogP contribution in [-0.2, 0) is 9.59 Å². The number of ketones is 1. The first kappa shape index (κ1) is 21.7. The van der Waals surface area contributed by atoms with Gasteiger partial charge < -0.3 is 15.4 Å². The van der Waals surface area contributed by atoms with Gasteiger partial charge in [-0.2, -0.15) is 0 Å². The number of fused-ring (bicyclic) bond motifs is 1. The number of nitrogens with one attached hydrogen (secondary N) is 2. The van der Waals surface area contributed by atoms with E-state index in [2.05, 4.69) is 17.6 Å². The second-order valence-electron chi connectivity index (χ2n) is 5.98. The van der Waals surface area contributed by atoms with E-state index in [4.69, 9.17) is 0 Å². The molecule has 2 aliphatic heterocycles.